The van der Waals surface area contributed by atoms with Gasteiger partial charge in [-0.25, -0.2) is 5.01 Å². The average molecular weight is 463 g/mol. The summed E-state index contributed by atoms with van der Waals surface area (Å²) in [5, 5.41) is 9.80. The second kappa shape index (κ2) is 9.46. The molecule has 2 aliphatic rings. The molecule has 35 heavy (non-hydrogen) atoms. The summed E-state index contributed by atoms with van der Waals surface area (Å²) < 4.78 is 12.5. The molecule has 0 unspecified atom stereocenters. The molecule has 2 aliphatic heterocycles. The molecule has 4 heteroatoms. The Morgan fingerprint density at radius 3 is 2.57 bits per heavy atom. The van der Waals surface area contributed by atoms with Crippen molar-refractivity contribution < 1.29 is 9.47 Å². The van der Waals surface area contributed by atoms with Crippen LogP contribution in [0.5, 0.6) is 11.5 Å². The zero-order valence-corrected chi connectivity index (χ0v) is 20.1. The molecule has 0 N–H and O–H groups in total. The lowest BCUT2D eigenvalue weighted by Crippen LogP contribution is -2.33. The fourth-order valence-electron chi connectivity index (χ4n) is 5.16. The van der Waals surface area contributed by atoms with Crippen LogP contribution in [-0.4, -0.2) is 17.3 Å². The molecule has 0 saturated heterocycles. The fraction of sp³-hybridized carbons (Fsp3) is 0.258. The van der Waals surface area contributed by atoms with E-state index in [0.717, 1.165) is 42.2 Å². The first-order chi connectivity index (χ1) is 17.3. The first kappa shape index (κ1) is 21.7. The van der Waals surface area contributed by atoms with Gasteiger partial charge in [0.2, 0.25) is 6.23 Å². The molecule has 4 aromatic carbocycles. The van der Waals surface area contributed by atoms with Crippen molar-refractivity contribution in [2.75, 3.05) is 6.61 Å². The second-order valence-electron chi connectivity index (χ2n) is 9.31. The van der Waals surface area contributed by atoms with Crippen LogP contribution in [0.25, 0.3) is 10.8 Å². The number of fused-ring (bicyclic) bond motifs is 4. The first-order valence-corrected chi connectivity index (χ1v) is 12.6. The number of rotatable bonds is 7. The molecular formula is C31H30N2O2. The third-order valence-corrected chi connectivity index (χ3v) is 6.98. The number of hydrogen-bond donors (Lipinski definition) is 0. The van der Waals surface area contributed by atoms with Crippen LogP contribution >= 0.6 is 0 Å². The van der Waals surface area contributed by atoms with Crippen molar-refractivity contribution in [2.45, 2.75) is 44.9 Å². The first-order valence-electron chi connectivity index (χ1n) is 12.6. The van der Waals surface area contributed by atoms with Crippen LogP contribution in [0.1, 0.15) is 61.6 Å². The van der Waals surface area contributed by atoms with E-state index < -0.39 is 0 Å². The molecule has 2 heterocycles. The maximum Gasteiger partial charge on any atom is 0.213 e. The van der Waals surface area contributed by atoms with E-state index in [4.69, 9.17) is 14.6 Å². The van der Waals surface area contributed by atoms with Crippen LogP contribution in [0.3, 0.4) is 0 Å². The van der Waals surface area contributed by atoms with E-state index in [1.807, 2.05) is 18.2 Å². The van der Waals surface area contributed by atoms with E-state index in [1.54, 1.807) is 0 Å². The molecule has 0 spiro atoms. The maximum atomic E-state index is 6.53. The SMILES string of the molecule is CCCCCOc1ccc([C@@H]2Oc3ccccc3[C@H]3CC(c4cccc5ccccc45)=NN32)cc1. The van der Waals surface area contributed by atoms with Gasteiger partial charge in [-0.3, -0.25) is 0 Å². The molecular weight excluding hydrogens is 432 g/mol. The summed E-state index contributed by atoms with van der Waals surface area (Å²) in [6, 6.07) is 31.8. The Kier molecular flexibility index (Phi) is 5.87. The smallest absolute Gasteiger partial charge is 0.213 e. The fourth-order valence-corrected chi connectivity index (χ4v) is 5.16. The minimum atomic E-state index is -0.281. The molecule has 0 aromatic heterocycles. The lowest BCUT2D eigenvalue weighted by atomic mass is 9.93. The molecule has 0 fully saturated rings. The van der Waals surface area contributed by atoms with E-state index in [-0.39, 0.29) is 12.3 Å². The molecule has 6 rings (SSSR count). The third-order valence-electron chi connectivity index (χ3n) is 6.98. The predicted molar refractivity (Wildman–Crippen MR) is 141 cm³/mol. The van der Waals surface area contributed by atoms with Crippen molar-refractivity contribution in [3.8, 4) is 11.5 Å². The second-order valence-corrected chi connectivity index (χ2v) is 9.31. The number of nitrogens with zero attached hydrogens (tertiary/aromatic N) is 2. The lowest BCUT2D eigenvalue weighted by molar-refractivity contribution is -0.0190. The number of hydrogen-bond acceptors (Lipinski definition) is 4. The van der Waals surface area contributed by atoms with Gasteiger partial charge in [-0.2, -0.15) is 5.10 Å². The van der Waals surface area contributed by atoms with E-state index in [1.165, 1.54) is 34.7 Å². The number of unbranched alkanes of at least 4 members (excludes halogenated alkanes) is 2. The van der Waals surface area contributed by atoms with Crippen molar-refractivity contribution >= 4 is 16.5 Å². The van der Waals surface area contributed by atoms with Gasteiger partial charge in [-0.05, 0) is 47.5 Å². The average Bonchev–Trinajstić information content (AvgIpc) is 3.36. The summed E-state index contributed by atoms with van der Waals surface area (Å²) in [7, 11) is 0. The van der Waals surface area contributed by atoms with Gasteiger partial charge in [0.25, 0.3) is 0 Å². The molecule has 0 bridgehead atoms. The van der Waals surface area contributed by atoms with Crippen LogP contribution in [-0.2, 0) is 0 Å². The van der Waals surface area contributed by atoms with E-state index in [0.29, 0.717) is 0 Å². The van der Waals surface area contributed by atoms with Gasteiger partial charge in [0, 0.05) is 23.1 Å². The number of benzene rings is 4. The Morgan fingerprint density at radius 1 is 0.886 bits per heavy atom. The molecule has 4 aromatic rings. The summed E-state index contributed by atoms with van der Waals surface area (Å²) in [4.78, 5) is 0. The quantitative estimate of drug-likeness (QED) is 0.265. The van der Waals surface area contributed by atoms with Gasteiger partial charge in [0.15, 0.2) is 0 Å². The maximum absolute atomic E-state index is 6.53. The Labute approximate surface area is 206 Å². The highest BCUT2D eigenvalue weighted by Gasteiger charge is 2.41. The zero-order valence-electron chi connectivity index (χ0n) is 20.1. The molecule has 4 nitrogen and oxygen atoms in total. The molecule has 2 atom stereocenters. The highest BCUT2D eigenvalue weighted by Crippen LogP contribution is 2.47. The molecule has 0 saturated carbocycles. The van der Waals surface area contributed by atoms with Crippen LogP contribution in [0, 0.1) is 0 Å². The van der Waals surface area contributed by atoms with Crippen LogP contribution in [0.4, 0.5) is 0 Å². The highest BCUT2D eigenvalue weighted by atomic mass is 16.5. The summed E-state index contributed by atoms with van der Waals surface area (Å²) >= 11 is 0. The summed E-state index contributed by atoms with van der Waals surface area (Å²) in [6.45, 7) is 2.96. The molecule has 0 radical (unpaired) electrons. The Balaban J connectivity index is 1.34. The van der Waals surface area contributed by atoms with Crippen molar-refractivity contribution in [1.82, 2.24) is 5.01 Å². The van der Waals surface area contributed by atoms with E-state index in [2.05, 4.69) is 84.7 Å². The predicted octanol–water partition coefficient (Wildman–Crippen LogP) is 7.65. The van der Waals surface area contributed by atoms with Crippen LogP contribution in [0.2, 0.25) is 0 Å². The largest absolute Gasteiger partial charge is 0.494 e. The molecule has 0 aliphatic carbocycles. The highest BCUT2D eigenvalue weighted by molar-refractivity contribution is 6.11. The van der Waals surface area contributed by atoms with Crippen LogP contribution < -0.4 is 9.47 Å². The van der Waals surface area contributed by atoms with E-state index in [9.17, 15) is 0 Å². The van der Waals surface area contributed by atoms with Gasteiger partial charge in [-0.15, -0.1) is 0 Å². The van der Waals surface area contributed by atoms with Crippen LogP contribution in [0.15, 0.2) is 96.1 Å². The topological polar surface area (TPSA) is 34.1 Å². The zero-order chi connectivity index (χ0) is 23.6. The standard InChI is InChI=1S/C31H30N2O2/c1-2-3-8-20-34-24-18-16-23(17-19-24)31-33-29(27-13-6-7-15-30(27)35-31)21-28(32-33)26-14-9-11-22-10-4-5-12-25(22)26/h4-7,9-19,29,31H,2-3,8,20-21H2,1H3/t29-,31+/m1/s1. The number of ether oxygens (including phenoxy) is 2. The molecule has 0 amide bonds. The third kappa shape index (κ3) is 4.14. The summed E-state index contributed by atoms with van der Waals surface area (Å²) in [5.74, 6) is 1.84. The van der Waals surface area contributed by atoms with E-state index >= 15 is 0 Å². The van der Waals surface area contributed by atoms with Gasteiger partial charge >= 0.3 is 0 Å². The van der Waals surface area contributed by atoms with Gasteiger partial charge in [-0.1, -0.05) is 80.4 Å². The van der Waals surface area contributed by atoms with Gasteiger partial charge in [0.1, 0.15) is 11.5 Å². The minimum absolute atomic E-state index is 0.142. The van der Waals surface area contributed by atoms with Crippen molar-refractivity contribution in [2.24, 2.45) is 5.10 Å². The minimum Gasteiger partial charge on any atom is -0.494 e. The number of para-hydroxylation sites is 1. The Morgan fingerprint density at radius 2 is 1.69 bits per heavy atom. The van der Waals surface area contributed by atoms with Crippen molar-refractivity contribution in [3.63, 3.8) is 0 Å². The van der Waals surface area contributed by atoms with Gasteiger partial charge in [0.05, 0.1) is 18.4 Å². The van der Waals surface area contributed by atoms with Gasteiger partial charge < -0.3 is 9.47 Å². The molecule has 176 valence electrons. The lowest BCUT2D eigenvalue weighted by Gasteiger charge is -2.38. The van der Waals surface area contributed by atoms with Crippen molar-refractivity contribution in [3.05, 3.63) is 108 Å². The van der Waals surface area contributed by atoms with Crippen molar-refractivity contribution in [1.29, 1.82) is 0 Å². The monoisotopic (exact) mass is 462 g/mol. The summed E-state index contributed by atoms with van der Waals surface area (Å²) in [5.41, 5.74) is 4.57. The Hall–Kier alpha value is -3.79. The Bertz CT molecular complexity index is 1360. The number of hydrazone groups is 1. The summed E-state index contributed by atoms with van der Waals surface area (Å²) in [6.07, 6.45) is 4.05. The normalized spacial score (nSPS) is 18.5.